The van der Waals surface area contributed by atoms with Crippen LogP contribution < -0.4 is 9.62 Å². The lowest BCUT2D eigenvalue weighted by Gasteiger charge is -2.32. The first-order valence-electron chi connectivity index (χ1n) is 13.6. The number of anilines is 1. The highest BCUT2D eigenvalue weighted by molar-refractivity contribution is 9.10. The molecule has 0 fully saturated rings. The number of nitrogens with one attached hydrogen (secondary N) is 1. The van der Waals surface area contributed by atoms with Crippen molar-refractivity contribution in [3.63, 3.8) is 0 Å². The SMILES string of the molecule is CC[C@H](C)NC(=O)[C@H](Cc1ccccc1)N(Cc1ccc(Br)cc1)C(=O)CCCN(c1cccc(Cl)c1)S(C)(=O)=O. The second kappa shape index (κ2) is 15.4. The Morgan fingerprint density at radius 1 is 0.976 bits per heavy atom. The lowest BCUT2D eigenvalue weighted by atomic mass is 10.0. The van der Waals surface area contributed by atoms with Gasteiger partial charge in [0, 0.05) is 41.5 Å². The summed E-state index contributed by atoms with van der Waals surface area (Å²) in [4.78, 5) is 29.1. The van der Waals surface area contributed by atoms with E-state index in [4.69, 9.17) is 11.6 Å². The van der Waals surface area contributed by atoms with Gasteiger partial charge in [0.25, 0.3) is 0 Å². The van der Waals surface area contributed by atoms with E-state index in [0.29, 0.717) is 17.1 Å². The fourth-order valence-corrected chi connectivity index (χ4v) is 5.82. The topological polar surface area (TPSA) is 86.8 Å². The first-order chi connectivity index (χ1) is 19.5. The molecule has 0 bridgehead atoms. The Kier molecular flexibility index (Phi) is 12.2. The molecule has 3 aromatic rings. The molecule has 3 aromatic carbocycles. The Morgan fingerprint density at radius 3 is 2.27 bits per heavy atom. The van der Waals surface area contributed by atoms with Crippen molar-refractivity contribution in [2.45, 2.75) is 58.2 Å². The lowest BCUT2D eigenvalue weighted by molar-refractivity contribution is -0.141. The molecule has 7 nitrogen and oxygen atoms in total. The third-order valence-corrected chi connectivity index (χ3v) is 8.74. The molecular formula is C31H37BrClN3O4S. The van der Waals surface area contributed by atoms with Crippen LogP contribution in [0.2, 0.25) is 5.02 Å². The Bertz CT molecular complexity index is 1400. The van der Waals surface area contributed by atoms with Gasteiger partial charge in [-0.25, -0.2) is 8.42 Å². The maximum Gasteiger partial charge on any atom is 0.243 e. The van der Waals surface area contributed by atoms with Gasteiger partial charge >= 0.3 is 0 Å². The summed E-state index contributed by atoms with van der Waals surface area (Å²) in [5.74, 6) is -0.446. The predicted octanol–water partition coefficient (Wildman–Crippen LogP) is 6.20. The monoisotopic (exact) mass is 661 g/mol. The van der Waals surface area contributed by atoms with Gasteiger partial charge in [0.2, 0.25) is 21.8 Å². The van der Waals surface area contributed by atoms with Gasteiger partial charge in [0.15, 0.2) is 0 Å². The molecule has 1 N–H and O–H groups in total. The number of hydrogen-bond donors (Lipinski definition) is 1. The highest BCUT2D eigenvalue weighted by Crippen LogP contribution is 2.23. The van der Waals surface area contributed by atoms with Gasteiger partial charge in [0.05, 0.1) is 11.9 Å². The van der Waals surface area contributed by atoms with E-state index in [1.165, 1.54) is 4.31 Å². The number of halogens is 2. The van der Waals surface area contributed by atoms with Crippen LogP contribution in [0.15, 0.2) is 83.3 Å². The zero-order valence-electron chi connectivity index (χ0n) is 23.6. The molecule has 220 valence electrons. The summed E-state index contributed by atoms with van der Waals surface area (Å²) < 4.78 is 27.3. The van der Waals surface area contributed by atoms with E-state index in [-0.39, 0.29) is 43.8 Å². The Morgan fingerprint density at radius 2 is 1.66 bits per heavy atom. The molecular weight excluding hydrogens is 626 g/mol. The van der Waals surface area contributed by atoms with Crippen LogP contribution in [0.1, 0.15) is 44.2 Å². The number of sulfonamides is 1. The zero-order valence-corrected chi connectivity index (χ0v) is 26.8. The molecule has 0 aliphatic rings. The standard InChI is InChI=1S/C31H37BrClN3O4S/c1-4-23(2)34-31(38)29(20-24-10-6-5-7-11-24)35(22-25-15-17-26(32)18-16-25)30(37)14-9-19-36(41(3,39)40)28-13-8-12-27(33)21-28/h5-8,10-13,15-18,21,23,29H,4,9,14,19-20,22H2,1-3H3,(H,34,38)/t23-,29-/m0/s1. The molecule has 2 amide bonds. The molecule has 3 rings (SSSR count). The number of nitrogens with zero attached hydrogens (tertiary/aromatic N) is 2. The minimum atomic E-state index is -3.61. The summed E-state index contributed by atoms with van der Waals surface area (Å²) in [6.07, 6.45) is 2.56. The van der Waals surface area contributed by atoms with E-state index < -0.39 is 16.1 Å². The predicted molar refractivity (Wildman–Crippen MR) is 169 cm³/mol. The molecule has 0 aliphatic heterocycles. The minimum absolute atomic E-state index is 0.0496. The van der Waals surface area contributed by atoms with Crippen LogP contribution >= 0.6 is 27.5 Å². The number of benzene rings is 3. The lowest BCUT2D eigenvalue weighted by Crippen LogP contribution is -2.52. The van der Waals surface area contributed by atoms with Gasteiger partial charge in [0.1, 0.15) is 6.04 Å². The maximum atomic E-state index is 13.9. The van der Waals surface area contributed by atoms with E-state index >= 15 is 0 Å². The van der Waals surface area contributed by atoms with Crippen LogP contribution in [0, 0.1) is 0 Å². The Labute approximate surface area is 257 Å². The van der Waals surface area contributed by atoms with Crippen molar-refractivity contribution in [3.05, 3.63) is 99.5 Å². The van der Waals surface area contributed by atoms with Crippen LogP contribution in [0.3, 0.4) is 0 Å². The maximum absolute atomic E-state index is 13.9. The third kappa shape index (κ3) is 10.2. The summed E-state index contributed by atoms with van der Waals surface area (Å²) in [6, 6.07) is 23.1. The summed E-state index contributed by atoms with van der Waals surface area (Å²) >= 11 is 9.56. The van der Waals surface area contributed by atoms with Crippen LogP contribution in [0.25, 0.3) is 0 Å². The summed E-state index contributed by atoms with van der Waals surface area (Å²) in [5.41, 5.74) is 2.26. The number of hydrogen-bond acceptors (Lipinski definition) is 4. The zero-order chi connectivity index (χ0) is 30.0. The molecule has 0 saturated carbocycles. The Balaban J connectivity index is 1.89. The average Bonchev–Trinajstić information content (AvgIpc) is 2.93. The Hall–Kier alpha value is -2.88. The van der Waals surface area contributed by atoms with Gasteiger partial charge in [-0.3, -0.25) is 13.9 Å². The second-order valence-electron chi connectivity index (χ2n) is 10.1. The molecule has 0 saturated heterocycles. The first-order valence-corrected chi connectivity index (χ1v) is 16.6. The molecule has 0 heterocycles. The number of amides is 2. The van der Waals surface area contributed by atoms with Crippen molar-refractivity contribution < 1.29 is 18.0 Å². The quantitative estimate of drug-likeness (QED) is 0.223. The number of rotatable bonds is 14. The van der Waals surface area contributed by atoms with Crippen molar-refractivity contribution in [2.24, 2.45) is 0 Å². The minimum Gasteiger partial charge on any atom is -0.352 e. The molecule has 10 heteroatoms. The smallest absolute Gasteiger partial charge is 0.243 e. The molecule has 41 heavy (non-hydrogen) atoms. The van der Waals surface area contributed by atoms with E-state index in [9.17, 15) is 18.0 Å². The van der Waals surface area contributed by atoms with Crippen LogP contribution in [-0.2, 0) is 32.6 Å². The van der Waals surface area contributed by atoms with Crippen molar-refractivity contribution in [1.29, 1.82) is 0 Å². The fraction of sp³-hybridized carbons (Fsp3) is 0.355. The molecule has 0 aliphatic carbocycles. The fourth-order valence-electron chi connectivity index (χ4n) is 4.42. The number of carbonyl (C=O) groups is 2. The van der Waals surface area contributed by atoms with Crippen molar-refractivity contribution in [2.75, 3.05) is 17.1 Å². The summed E-state index contributed by atoms with van der Waals surface area (Å²) in [5, 5.41) is 3.48. The van der Waals surface area contributed by atoms with Crippen LogP contribution in [0.5, 0.6) is 0 Å². The van der Waals surface area contributed by atoms with Gasteiger partial charge in [-0.05, 0) is 61.2 Å². The van der Waals surface area contributed by atoms with Gasteiger partial charge in [-0.1, -0.05) is 83.0 Å². The van der Waals surface area contributed by atoms with E-state index in [1.54, 1.807) is 29.2 Å². The highest BCUT2D eigenvalue weighted by atomic mass is 79.9. The van der Waals surface area contributed by atoms with E-state index in [2.05, 4.69) is 21.2 Å². The molecule has 0 aromatic heterocycles. The summed E-state index contributed by atoms with van der Waals surface area (Å²) in [7, 11) is -3.61. The highest BCUT2D eigenvalue weighted by Gasteiger charge is 2.31. The van der Waals surface area contributed by atoms with Crippen LogP contribution in [0.4, 0.5) is 5.69 Å². The third-order valence-electron chi connectivity index (χ3n) is 6.79. The van der Waals surface area contributed by atoms with Gasteiger partial charge in [-0.15, -0.1) is 0 Å². The largest absolute Gasteiger partial charge is 0.352 e. The average molecular weight is 663 g/mol. The molecule has 0 spiro atoms. The second-order valence-corrected chi connectivity index (χ2v) is 13.3. The molecule has 0 unspecified atom stereocenters. The van der Waals surface area contributed by atoms with Crippen molar-refractivity contribution >= 4 is 55.1 Å². The van der Waals surface area contributed by atoms with E-state index in [0.717, 1.165) is 28.3 Å². The molecule has 0 radical (unpaired) electrons. The van der Waals surface area contributed by atoms with Crippen LogP contribution in [-0.4, -0.2) is 50.0 Å². The number of carbonyl (C=O) groups excluding carboxylic acids is 2. The normalized spacial score (nSPS) is 12.8. The summed E-state index contributed by atoms with van der Waals surface area (Å²) in [6.45, 7) is 4.27. The van der Waals surface area contributed by atoms with Gasteiger partial charge < -0.3 is 10.2 Å². The van der Waals surface area contributed by atoms with Crippen molar-refractivity contribution in [1.82, 2.24) is 10.2 Å². The molecule has 2 atom stereocenters. The van der Waals surface area contributed by atoms with Gasteiger partial charge in [-0.2, -0.15) is 0 Å². The van der Waals surface area contributed by atoms with E-state index in [1.807, 2.05) is 68.4 Å². The van der Waals surface area contributed by atoms with Crippen molar-refractivity contribution in [3.8, 4) is 0 Å². The first kappa shape index (κ1) is 32.6.